The summed E-state index contributed by atoms with van der Waals surface area (Å²) in [5.41, 5.74) is 0.177. The van der Waals surface area contributed by atoms with E-state index in [2.05, 4.69) is 0 Å². The summed E-state index contributed by atoms with van der Waals surface area (Å²) in [5, 5.41) is 18.9. The Morgan fingerprint density at radius 3 is 2.62 bits per heavy atom. The minimum atomic E-state index is -0.625. The number of rotatable bonds is 3. The molecule has 0 heterocycles. The molecular formula is C7H5BNO4. The smallest absolute Gasteiger partial charge is 0.327 e. The predicted octanol–water partition coefficient (Wildman–Crippen LogP) is -0.356. The maximum atomic E-state index is 10.3. The third-order valence-electron chi connectivity index (χ3n) is 1.46. The predicted molar refractivity (Wildman–Crippen MR) is 46.1 cm³/mol. The van der Waals surface area contributed by atoms with E-state index in [1.165, 1.54) is 12.1 Å². The van der Waals surface area contributed by atoms with Crippen molar-refractivity contribution in [2.75, 3.05) is 0 Å². The largest absolute Gasteiger partial charge is 0.450 e. The molecule has 1 N–H and O–H groups in total. The molecule has 0 aliphatic carbocycles. The number of aldehydes is 1. The van der Waals surface area contributed by atoms with Crippen molar-refractivity contribution in [1.29, 1.82) is 0 Å². The van der Waals surface area contributed by atoms with Crippen molar-refractivity contribution < 1.29 is 14.7 Å². The zero-order valence-corrected chi connectivity index (χ0v) is 6.51. The lowest BCUT2D eigenvalue weighted by Gasteiger charge is -1.96. The lowest BCUT2D eigenvalue weighted by atomic mass is 9.87. The van der Waals surface area contributed by atoms with Crippen LogP contribution in [-0.2, 0) is 0 Å². The fraction of sp³-hybridized carbons (Fsp3) is 0. The van der Waals surface area contributed by atoms with Gasteiger partial charge in [-0.05, 0) is 5.46 Å². The van der Waals surface area contributed by atoms with E-state index in [9.17, 15) is 14.9 Å². The average Bonchev–Trinajstić information content (AvgIpc) is 2.16. The highest BCUT2D eigenvalue weighted by Gasteiger charge is 2.09. The molecule has 0 aliphatic heterocycles. The Hall–Kier alpha value is -1.69. The van der Waals surface area contributed by atoms with Crippen LogP contribution in [0.4, 0.5) is 5.69 Å². The lowest BCUT2D eigenvalue weighted by molar-refractivity contribution is -0.384. The molecule has 5 nitrogen and oxygen atoms in total. The zero-order valence-electron chi connectivity index (χ0n) is 6.51. The number of benzene rings is 1. The molecule has 1 aromatic carbocycles. The van der Waals surface area contributed by atoms with Gasteiger partial charge in [0.25, 0.3) is 5.69 Å². The SMILES string of the molecule is O=Cc1cc([B]O)cc([N+](=O)[O-])c1. The number of carbonyl (C=O) groups is 1. The van der Waals surface area contributed by atoms with E-state index in [1.807, 2.05) is 0 Å². The van der Waals surface area contributed by atoms with Crippen LogP contribution in [-0.4, -0.2) is 23.7 Å². The van der Waals surface area contributed by atoms with Gasteiger partial charge in [-0.15, -0.1) is 0 Å². The molecule has 0 fully saturated rings. The average molecular weight is 178 g/mol. The van der Waals surface area contributed by atoms with Crippen LogP contribution in [0.2, 0.25) is 0 Å². The second-order valence-corrected chi connectivity index (χ2v) is 2.36. The molecule has 65 valence electrons. The molecule has 0 unspecified atom stereocenters. The van der Waals surface area contributed by atoms with E-state index in [-0.39, 0.29) is 16.7 Å². The van der Waals surface area contributed by atoms with Crippen LogP contribution in [0.15, 0.2) is 18.2 Å². The molecule has 1 radical (unpaired) electrons. The highest BCUT2D eigenvalue weighted by atomic mass is 16.6. The summed E-state index contributed by atoms with van der Waals surface area (Å²) in [6, 6.07) is 3.66. The van der Waals surface area contributed by atoms with Gasteiger partial charge in [0.1, 0.15) is 6.29 Å². The number of hydrogen-bond donors (Lipinski definition) is 1. The van der Waals surface area contributed by atoms with Crippen molar-refractivity contribution >= 4 is 24.9 Å². The van der Waals surface area contributed by atoms with Gasteiger partial charge in [-0.3, -0.25) is 14.9 Å². The van der Waals surface area contributed by atoms with Crippen LogP contribution in [0.1, 0.15) is 10.4 Å². The third-order valence-corrected chi connectivity index (χ3v) is 1.46. The maximum absolute atomic E-state index is 10.3. The van der Waals surface area contributed by atoms with E-state index in [1.54, 1.807) is 0 Å². The molecule has 1 rings (SSSR count). The van der Waals surface area contributed by atoms with Gasteiger partial charge in [-0.2, -0.15) is 0 Å². The lowest BCUT2D eigenvalue weighted by Crippen LogP contribution is -2.14. The number of carbonyl (C=O) groups excluding carboxylic acids is 1. The normalized spacial score (nSPS) is 9.31. The van der Waals surface area contributed by atoms with Gasteiger partial charge in [0.05, 0.1) is 4.92 Å². The Kier molecular flexibility index (Phi) is 2.76. The Morgan fingerprint density at radius 1 is 1.46 bits per heavy atom. The van der Waals surface area contributed by atoms with Crippen LogP contribution < -0.4 is 5.46 Å². The van der Waals surface area contributed by atoms with E-state index >= 15 is 0 Å². The molecule has 13 heavy (non-hydrogen) atoms. The van der Waals surface area contributed by atoms with E-state index in [0.717, 1.165) is 6.07 Å². The standard InChI is InChI=1S/C7H5BNO4/c10-4-5-1-6(8-11)3-7(2-5)9(12)13/h1-4,11H. The van der Waals surface area contributed by atoms with Gasteiger partial charge in [-0.1, -0.05) is 6.07 Å². The van der Waals surface area contributed by atoms with Gasteiger partial charge in [-0.25, -0.2) is 0 Å². The van der Waals surface area contributed by atoms with Crippen LogP contribution in [0.5, 0.6) is 0 Å². The molecule has 0 spiro atoms. The molecule has 0 aliphatic rings. The Balaban J connectivity index is 3.22. The van der Waals surface area contributed by atoms with Crippen molar-refractivity contribution in [2.24, 2.45) is 0 Å². The van der Waals surface area contributed by atoms with Crippen molar-refractivity contribution in [3.05, 3.63) is 33.9 Å². The summed E-state index contributed by atoms with van der Waals surface area (Å²) < 4.78 is 0. The molecule has 0 aromatic heterocycles. The molecule has 1 aromatic rings. The van der Waals surface area contributed by atoms with Gasteiger partial charge in [0, 0.05) is 17.7 Å². The highest BCUT2D eigenvalue weighted by Crippen LogP contribution is 2.09. The minimum Gasteiger partial charge on any atom is -0.450 e. The van der Waals surface area contributed by atoms with Crippen molar-refractivity contribution in [3.8, 4) is 0 Å². The summed E-state index contributed by atoms with van der Waals surface area (Å²) in [6.07, 6.45) is 0.486. The first kappa shape index (κ1) is 9.40. The number of non-ortho nitro benzene ring substituents is 1. The van der Waals surface area contributed by atoms with Gasteiger partial charge in [0.15, 0.2) is 0 Å². The monoisotopic (exact) mass is 178 g/mol. The van der Waals surface area contributed by atoms with Crippen LogP contribution >= 0.6 is 0 Å². The van der Waals surface area contributed by atoms with E-state index in [4.69, 9.17) is 5.02 Å². The zero-order chi connectivity index (χ0) is 9.84. The van der Waals surface area contributed by atoms with Crippen molar-refractivity contribution in [3.63, 3.8) is 0 Å². The molecule has 0 amide bonds. The van der Waals surface area contributed by atoms with Crippen molar-refractivity contribution in [2.45, 2.75) is 0 Å². The van der Waals surface area contributed by atoms with Gasteiger partial charge >= 0.3 is 7.48 Å². The molecular weight excluding hydrogens is 173 g/mol. The summed E-state index contributed by atoms with van der Waals surface area (Å²) in [4.78, 5) is 20.0. The Bertz CT molecular complexity index is 352. The first-order chi connectivity index (χ1) is 6.17. The molecule has 0 bridgehead atoms. The molecule has 6 heteroatoms. The first-order valence-corrected chi connectivity index (χ1v) is 3.39. The topological polar surface area (TPSA) is 80.4 Å². The second-order valence-electron chi connectivity index (χ2n) is 2.36. The minimum absolute atomic E-state index is 0.162. The highest BCUT2D eigenvalue weighted by molar-refractivity contribution is 6.45. The molecule has 0 atom stereocenters. The summed E-state index contributed by atoms with van der Waals surface area (Å²) >= 11 is 0. The first-order valence-electron chi connectivity index (χ1n) is 3.39. The van der Waals surface area contributed by atoms with Crippen LogP contribution in [0, 0.1) is 10.1 Å². The number of hydrogen-bond acceptors (Lipinski definition) is 4. The van der Waals surface area contributed by atoms with Crippen LogP contribution in [0.25, 0.3) is 0 Å². The number of nitro benzene ring substituents is 1. The number of nitrogens with zero attached hydrogens (tertiary/aromatic N) is 1. The fourth-order valence-electron chi connectivity index (χ4n) is 0.907. The van der Waals surface area contributed by atoms with E-state index in [0.29, 0.717) is 13.8 Å². The summed E-state index contributed by atoms with van der Waals surface area (Å²) in [7, 11) is 0.708. The summed E-state index contributed by atoms with van der Waals surface area (Å²) in [5.74, 6) is 0. The Morgan fingerprint density at radius 2 is 2.15 bits per heavy atom. The summed E-state index contributed by atoms with van der Waals surface area (Å²) in [6.45, 7) is 0. The van der Waals surface area contributed by atoms with Gasteiger partial charge in [0.2, 0.25) is 0 Å². The molecule has 0 saturated heterocycles. The quantitative estimate of drug-likeness (QED) is 0.296. The van der Waals surface area contributed by atoms with Gasteiger partial charge < -0.3 is 5.02 Å². The maximum Gasteiger partial charge on any atom is 0.327 e. The fourth-order valence-corrected chi connectivity index (χ4v) is 0.907. The Labute approximate surface area is 74.4 Å². The van der Waals surface area contributed by atoms with Crippen LogP contribution in [0.3, 0.4) is 0 Å². The second kappa shape index (κ2) is 3.82. The van der Waals surface area contributed by atoms with E-state index < -0.39 is 4.92 Å². The third kappa shape index (κ3) is 2.13. The molecule has 0 saturated carbocycles. The van der Waals surface area contributed by atoms with Crippen molar-refractivity contribution in [1.82, 2.24) is 0 Å². The number of nitro groups is 1.